The summed E-state index contributed by atoms with van der Waals surface area (Å²) in [6.45, 7) is 5.12. The fourth-order valence-electron chi connectivity index (χ4n) is 1.75. The third-order valence-corrected chi connectivity index (χ3v) is 2.83. The Kier molecular flexibility index (Phi) is 4.10. The summed E-state index contributed by atoms with van der Waals surface area (Å²) in [4.78, 5) is 24.4. The number of piperazine rings is 1. The zero-order chi connectivity index (χ0) is 13.8. The molecule has 1 aliphatic heterocycles. The zero-order valence-corrected chi connectivity index (χ0v) is 11.0. The fraction of sp³-hybridized carbons (Fsp3) is 0.636. The predicted molar refractivity (Wildman–Crippen MR) is 66.3 cm³/mol. The molecule has 2 N–H and O–H groups in total. The van der Waals surface area contributed by atoms with E-state index < -0.39 is 6.04 Å². The van der Waals surface area contributed by atoms with Crippen LogP contribution in [-0.4, -0.2) is 41.1 Å². The predicted octanol–water partition coefficient (Wildman–Crippen LogP) is -0.579. The van der Waals surface area contributed by atoms with Gasteiger partial charge in [0.1, 0.15) is 12.6 Å². The van der Waals surface area contributed by atoms with Crippen molar-refractivity contribution in [1.29, 1.82) is 0 Å². The quantitative estimate of drug-likeness (QED) is 0.543. The standard InChI is InChI=1S/C11H17N5O3/c1-3-4-12-5-9-14-15-11(19-9)16-6-8(17)13-10(18)7(16)2/h7,12H,3-6H2,1-2H3,(H,13,17,18). The van der Waals surface area contributed by atoms with E-state index in [1.807, 2.05) is 0 Å². The molecule has 2 heterocycles. The summed E-state index contributed by atoms with van der Waals surface area (Å²) in [5, 5.41) is 13.1. The van der Waals surface area contributed by atoms with Gasteiger partial charge in [-0.05, 0) is 19.9 Å². The highest BCUT2D eigenvalue weighted by molar-refractivity contribution is 6.03. The average Bonchev–Trinajstić information content (AvgIpc) is 2.83. The van der Waals surface area contributed by atoms with Crippen molar-refractivity contribution < 1.29 is 14.0 Å². The summed E-state index contributed by atoms with van der Waals surface area (Å²) in [6.07, 6.45) is 1.01. The lowest BCUT2D eigenvalue weighted by Crippen LogP contribution is -2.57. The highest BCUT2D eigenvalue weighted by atomic mass is 16.4. The van der Waals surface area contributed by atoms with Crippen molar-refractivity contribution in [3.8, 4) is 0 Å². The molecule has 1 saturated heterocycles. The van der Waals surface area contributed by atoms with Crippen molar-refractivity contribution in [1.82, 2.24) is 20.8 Å². The SMILES string of the molecule is CCCNCc1nnc(N2CC(=O)NC(=O)C2C)o1. The Morgan fingerprint density at radius 2 is 2.26 bits per heavy atom. The summed E-state index contributed by atoms with van der Waals surface area (Å²) in [5.41, 5.74) is 0. The van der Waals surface area contributed by atoms with Gasteiger partial charge in [0.15, 0.2) is 0 Å². The van der Waals surface area contributed by atoms with Crippen LogP contribution in [0.4, 0.5) is 6.01 Å². The van der Waals surface area contributed by atoms with Crippen molar-refractivity contribution in [3.63, 3.8) is 0 Å². The molecule has 2 amide bonds. The minimum absolute atomic E-state index is 0.0386. The molecule has 0 aliphatic carbocycles. The Hall–Kier alpha value is -1.96. The number of carbonyl (C=O) groups excluding carboxylic acids is 2. The van der Waals surface area contributed by atoms with Gasteiger partial charge < -0.3 is 14.6 Å². The molecule has 8 heteroatoms. The smallest absolute Gasteiger partial charge is 0.319 e. The van der Waals surface area contributed by atoms with Crippen LogP contribution in [0.5, 0.6) is 0 Å². The molecular formula is C11H17N5O3. The molecule has 0 saturated carbocycles. The maximum atomic E-state index is 11.5. The first kappa shape index (κ1) is 13.5. The van der Waals surface area contributed by atoms with Crippen molar-refractivity contribution >= 4 is 17.8 Å². The highest BCUT2D eigenvalue weighted by Gasteiger charge is 2.33. The molecule has 1 unspecified atom stereocenters. The van der Waals surface area contributed by atoms with Gasteiger partial charge in [-0.25, -0.2) is 0 Å². The molecule has 8 nitrogen and oxygen atoms in total. The van der Waals surface area contributed by atoms with Crippen molar-refractivity contribution in [2.75, 3.05) is 18.0 Å². The van der Waals surface area contributed by atoms with Crippen LogP contribution in [0.3, 0.4) is 0 Å². The van der Waals surface area contributed by atoms with E-state index in [1.54, 1.807) is 6.92 Å². The molecular weight excluding hydrogens is 250 g/mol. The number of hydrogen-bond acceptors (Lipinski definition) is 7. The van der Waals surface area contributed by atoms with Gasteiger partial charge in [0.05, 0.1) is 6.54 Å². The first-order valence-electron chi connectivity index (χ1n) is 6.25. The number of nitrogens with zero attached hydrogens (tertiary/aromatic N) is 3. The van der Waals surface area contributed by atoms with Gasteiger partial charge in [-0.15, -0.1) is 5.10 Å². The molecule has 0 bridgehead atoms. The summed E-state index contributed by atoms with van der Waals surface area (Å²) < 4.78 is 5.45. The van der Waals surface area contributed by atoms with Crippen LogP contribution in [0.2, 0.25) is 0 Å². The molecule has 104 valence electrons. The second-order valence-electron chi connectivity index (χ2n) is 4.37. The van der Waals surface area contributed by atoms with Gasteiger partial charge in [-0.2, -0.15) is 0 Å². The Bertz CT molecular complexity index is 473. The molecule has 0 spiro atoms. The van der Waals surface area contributed by atoms with E-state index in [9.17, 15) is 9.59 Å². The maximum absolute atomic E-state index is 11.5. The minimum Gasteiger partial charge on any atom is -0.407 e. The Morgan fingerprint density at radius 3 is 3.00 bits per heavy atom. The molecule has 1 atom stereocenters. The summed E-state index contributed by atoms with van der Waals surface area (Å²) >= 11 is 0. The fourth-order valence-corrected chi connectivity index (χ4v) is 1.75. The second-order valence-corrected chi connectivity index (χ2v) is 4.37. The van der Waals surface area contributed by atoms with E-state index >= 15 is 0 Å². The van der Waals surface area contributed by atoms with Crippen LogP contribution in [0.25, 0.3) is 0 Å². The first-order valence-corrected chi connectivity index (χ1v) is 6.25. The van der Waals surface area contributed by atoms with E-state index in [-0.39, 0.29) is 24.4 Å². The number of amides is 2. The van der Waals surface area contributed by atoms with Crippen molar-refractivity contribution in [2.24, 2.45) is 0 Å². The molecule has 0 radical (unpaired) electrons. The lowest BCUT2D eigenvalue weighted by Gasteiger charge is -2.29. The number of aromatic nitrogens is 2. The van der Waals surface area contributed by atoms with Gasteiger partial charge in [0.2, 0.25) is 17.7 Å². The monoisotopic (exact) mass is 267 g/mol. The number of anilines is 1. The Labute approximate surface area is 110 Å². The highest BCUT2D eigenvalue weighted by Crippen LogP contribution is 2.17. The molecule has 1 aromatic rings. The van der Waals surface area contributed by atoms with E-state index in [4.69, 9.17) is 4.42 Å². The van der Waals surface area contributed by atoms with Gasteiger partial charge in [-0.1, -0.05) is 12.0 Å². The van der Waals surface area contributed by atoms with Crippen LogP contribution in [0.15, 0.2) is 4.42 Å². The normalized spacial score (nSPS) is 19.7. The van der Waals surface area contributed by atoms with Gasteiger partial charge in [-0.3, -0.25) is 14.9 Å². The lowest BCUT2D eigenvalue weighted by molar-refractivity contribution is -0.132. The van der Waals surface area contributed by atoms with Gasteiger partial charge >= 0.3 is 6.01 Å². The summed E-state index contributed by atoms with van der Waals surface area (Å²) in [6, 6.07) is -0.307. The topological polar surface area (TPSA) is 100 Å². The van der Waals surface area contributed by atoms with E-state index in [0.29, 0.717) is 12.4 Å². The Morgan fingerprint density at radius 1 is 1.47 bits per heavy atom. The third kappa shape index (κ3) is 3.08. The summed E-state index contributed by atoms with van der Waals surface area (Å²) in [7, 11) is 0. The van der Waals surface area contributed by atoms with Crippen molar-refractivity contribution in [3.05, 3.63) is 5.89 Å². The van der Waals surface area contributed by atoms with Crippen molar-refractivity contribution in [2.45, 2.75) is 32.9 Å². The van der Waals surface area contributed by atoms with Crippen LogP contribution in [-0.2, 0) is 16.1 Å². The first-order chi connectivity index (χ1) is 9.11. The van der Waals surface area contributed by atoms with Gasteiger partial charge in [0, 0.05) is 0 Å². The number of hydrogen-bond donors (Lipinski definition) is 2. The lowest BCUT2D eigenvalue weighted by atomic mass is 10.2. The zero-order valence-electron chi connectivity index (χ0n) is 11.0. The molecule has 0 aromatic carbocycles. The number of nitrogens with one attached hydrogen (secondary N) is 2. The molecule has 1 fully saturated rings. The molecule has 2 rings (SSSR count). The van der Waals surface area contributed by atoms with E-state index in [0.717, 1.165) is 13.0 Å². The molecule has 1 aliphatic rings. The largest absolute Gasteiger partial charge is 0.407 e. The van der Waals surface area contributed by atoms with E-state index in [1.165, 1.54) is 4.90 Å². The summed E-state index contributed by atoms with van der Waals surface area (Å²) in [5.74, 6) is -0.291. The Balaban J connectivity index is 2.04. The minimum atomic E-state index is -0.505. The van der Waals surface area contributed by atoms with E-state index in [2.05, 4.69) is 27.8 Å². The number of imide groups is 1. The van der Waals surface area contributed by atoms with Crippen LogP contribution in [0, 0.1) is 0 Å². The molecule has 19 heavy (non-hydrogen) atoms. The average molecular weight is 267 g/mol. The second kappa shape index (κ2) is 5.79. The number of carbonyl (C=O) groups is 2. The number of rotatable bonds is 5. The van der Waals surface area contributed by atoms with Crippen LogP contribution >= 0.6 is 0 Å². The third-order valence-electron chi connectivity index (χ3n) is 2.83. The van der Waals surface area contributed by atoms with Crippen LogP contribution < -0.4 is 15.5 Å². The van der Waals surface area contributed by atoms with Gasteiger partial charge in [0.25, 0.3) is 0 Å². The maximum Gasteiger partial charge on any atom is 0.319 e. The van der Waals surface area contributed by atoms with Crippen LogP contribution in [0.1, 0.15) is 26.2 Å². The molecule has 1 aromatic heterocycles.